The van der Waals surface area contributed by atoms with Gasteiger partial charge in [-0.3, -0.25) is 9.69 Å². The number of thioether (sulfide) groups is 1. The van der Waals surface area contributed by atoms with Crippen molar-refractivity contribution in [2.24, 2.45) is 5.73 Å². The molecule has 1 aromatic heterocycles. The maximum absolute atomic E-state index is 11.4. The van der Waals surface area contributed by atoms with Crippen LogP contribution in [0.15, 0.2) is 5.16 Å². The van der Waals surface area contributed by atoms with E-state index in [-0.39, 0.29) is 6.54 Å². The van der Waals surface area contributed by atoms with Gasteiger partial charge in [-0.15, -0.1) is 5.10 Å². The molecule has 0 aliphatic carbocycles. The lowest BCUT2D eigenvalue weighted by Gasteiger charge is -2.11. The molecule has 81 valence electrons. The second kappa shape index (κ2) is 4.73. The molecule has 1 heterocycles. The molecule has 0 aliphatic heterocycles. The molecule has 9 heteroatoms. The minimum atomic E-state index is -0.822. The molecule has 8 nitrogen and oxygen atoms in total. The number of hydrogen-bond acceptors (Lipinski definition) is 6. The summed E-state index contributed by atoms with van der Waals surface area (Å²) in [6.45, 7) is -0.149. The number of imide groups is 1. The van der Waals surface area contributed by atoms with Gasteiger partial charge in [-0.05, 0) is 10.4 Å². The zero-order chi connectivity index (χ0) is 11.4. The Morgan fingerprint density at radius 2 is 2.33 bits per heavy atom. The Labute approximate surface area is 89.8 Å². The molecular formula is C6H9N6O2S. The molecule has 0 unspecified atom stereocenters. The van der Waals surface area contributed by atoms with Gasteiger partial charge in [0.05, 0.1) is 0 Å². The third-order valence-corrected chi connectivity index (χ3v) is 2.17. The van der Waals surface area contributed by atoms with Crippen molar-refractivity contribution in [2.45, 2.75) is 11.7 Å². The van der Waals surface area contributed by atoms with Gasteiger partial charge >= 0.3 is 6.03 Å². The zero-order valence-corrected chi connectivity index (χ0v) is 8.77. The van der Waals surface area contributed by atoms with E-state index < -0.39 is 11.9 Å². The number of urea groups is 1. The monoisotopic (exact) mass is 229 g/mol. The van der Waals surface area contributed by atoms with E-state index in [1.54, 1.807) is 0 Å². The number of primary amides is 1. The Bertz CT molecular complexity index is 377. The number of hydrogen-bond donors (Lipinski definition) is 1. The predicted octanol–water partition coefficient (Wildman–Crippen LogP) is -0.906. The summed E-state index contributed by atoms with van der Waals surface area (Å²) >= 11 is 1.05. The average Bonchev–Trinajstić information content (AvgIpc) is 2.63. The smallest absolute Gasteiger partial charge is 0.321 e. The number of nitrogens with two attached hydrogens (primary N) is 1. The van der Waals surface area contributed by atoms with E-state index in [0.717, 1.165) is 16.7 Å². The number of carbonyl (C=O) groups is 2. The van der Waals surface area contributed by atoms with Gasteiger partial charge in [0, 0.05) is 13.3 Å². The number of rotatable bonds is 3. The van der Waals surface area contributed by atoms with Gasteiger partial charge in [-0.25, -0.2) is 9.48 Å². The van der Waals surface area contributed by atoms with Gasteiger partial charge in [-0.1, -0.05) is 11.8 Å². The van der Waals surface area contributed by atoms with Crippen molar-refractivity contribution < 1.29 is 9.59 Å². The fourth-order valence-electron chi connectivity index (χ4n) is 0.756. The molecule has 1 rings (SSSR count). The highest BCUT2D eigenvalue weighted by Crippen LogP contribution is 2.10. The largest absolute Gasteiger partial charge is 0.351 e. The van der Waals surface area contributed by atoms with Crippen LogP contribution in [0.4, 0.5) is 4.79 Å². The van der Waals surface area contributed by atoms with Crippen molar-refractivity contribution >= 4 is 23.7 Å². The van der Waals surface area contributed by atoms with Crippen LogP contribution in [0.3, 0.4) is 0 Å². The number of amides is 3. The fourth-order valence-corrected chi connectivity index (χ4v) is 1.10. The van der Waals surface area contributed by atoms with Crippen LogP contribution in [0, 0.1) is 6.26 Å². The molecule has 0 spiro atoms. The lowest BCUT2D eigenvalue weighted by molar-refractivity contribution is -0.128. The normalized spacial score (nSPS) is 10.0. The van der Waals surface area contributed by atoms with Gasteiger partial charge in [0.15, 0.2) is 0 Å². The summed E-state index contributed by atoms with van der Waals surface area (Å²) in [7, 11) is 1.28. The summed E-state index contributed by atoms with van der Waals surface area (Å²) in [6.07, 6.45) is 3.51. The number of tetrazole rings is 1. The predicted molar refractivity (Wildman–Crippen MR) is 51.4 cm³/mol. The first kappa shape index (κ1) is 11.4. The second-order valence-electron chi connectivity index (χ2n) is 2.55. The van der Waals surface area contributed by atoms with E-state index in [9.17, 15) is 9.59 Å². The van der Waals surface area contributed by atoms with E-state index >= 15 is 0 Å². The standard InChI is InChI=1S/C6H9N6O2S/c1-11(5(7)14)4(13)3-12-6(15-2)8-9-10-12/h2-3H2,1H3,(H2,7,14). The van der Waals surface area contributed by atoms with Gasteiger partial charge in [0.1, 0.15) is 6.54 Å². The Morgan fingerprint density at radius 1 is 1.67 bits per heavy atom. The lowest BCUT2D eigenvalue weighted by atomic mass is 10.5. The Kier molecular flexibility index (Phi) is 3.61. The van der Waals surface area contributed by atoms with Crippen LogP contribution in [-0.2, 0) is 11.3 Å². The molecular weight excluding hydrogens is 220 g/mol. The van der Waals surface area contributed by atoms with Crippen LogP contribution < -0.4 is 5.73 Å². The SMILES string of the molecule is [CH2]Sc1nnnn1CC(=O)N(C)C(N)=O. The van der Waals surface area contributed by atoms with Crippen LogP contribution in [0.2, 0.25) is 0 Å². The summed E-state index contributed by atoms with van der Waals surface area (Å²) in [6, 6.07) is -0.822. The van der Waals surface area contributed by atoms with Crippen molar-refractivity contribution in [1.29, 1.82) is 0 Å². The maximum Gasteiger partial charge on any atom is 0.321 e. The highest BCUT2D eigenvalue weighted by molar-refractivity contribution is 8.00. The van der Waals surface area contributed by atoms with Crippen molar-refractivity contribution in [3.8, 4) is 0 Å². The van der Waals surface area contributed by atoms with E-state index in [2.05, 4.69) is 21.8 Å². The lowest BCUT2D eigenvalue weighted by Crippen LogP contribution is -2.39. The minimum absolute atomic E-state index is 0.149. The number of nitrogens with zero attached hydrogens (tertiary/aromatic N) is 5. The summed E-state index contributed by atoms with van der Waals surface area (Å²) in [4.78, 5) is 22.9. The summed E-state index contributed by atoms with van der Waals surface area (Å²) in [5.74, 6) is -0.495. The number of aromatic nitrogens is 4. The Hall–Kier alpha value is -1.64. The molecule has 2 N–H and O–H groups in total. The highest BCUT2D eigenvalue weighted by atomic mass is 32.2. The zero-order valence-electron chi connectivity index (χ0n) is 7.95. The summed E-state index contributed by atoms with van der Waals surface area (Å²) in [5.41, 5.74) is 4.92. The quantitative estimate of drug-likeness (QED) is 0.672. The van der Waals surface area contributed by atoms with Crippen LogP contribution in [0.1, 0.15) is 0 Å². The molecule has 15 heavy (non-hydrogen) atoms. The first-order valence-electron chi connectivity index (χ1n) is 3.80. The number of likely N-dealkylation sites (N-methyl/N-ethyl adjacent to an activating group) is 1. The first-order valence-corrected chi connectivity index (χ1v) is 4.79. The molecule has 0 atom stereocenters. The van der Waals surface area contributed by atoms with Crippen molar-refractivity contribution in [1.82, 2.24) is 25.1 Å². The molecule has 0 saturated carbocycles. The van der Waals surface area contributed by atoms with Gasteiger partial charge in [-0.2, -0.15) is 0 Å². The molecule has 0 saturated heterocycles. The summed E-state index contributed by atoms with van der Waals surface area (Å²) < 4.78 is 1.24. The third-order valence-electron chi connectivity index (χ3n) is 1.62. The second-order valence-corrected chi connectivity index (χ2v) is 3.21. The molecule has 1 aromatic rings. The van der Waals surface area contributed by atoms with Crippen molar-refractivity contribution in [3.05, 3.63) is 6.26 Å². The highest BCUT2D eigenvalue weighted by Gasteiger charge is 2.16. The van der Waals surface area contributed by atoms with Crippen LogP contribution in [0.5, 0.6) is 0 Å². The Morgan fingerprint density at radius 3 is 2.87 bits per heavy atom. The van der Waals surface area contributed by atoms with E-state index in [4.69, 9.17) is 5.73 Å². The minimum Gasteiger partial charge on any atom is -0.351 e. The van der Waals surface area contributed by atoms with Gasteiger partial charge in [0.2, 0.25) is 5.16 Å². The van der Waals surface area contributed by atoms with Gasteiger partial charge in [0.25, 0.3) is 5.91 Å². The molecule has 0 fully saturated rings. The van der Waals surface area contributed by atoms with Crippen LogP contribution in [0.25, 0.3) is 0 Å². The molecule has 3 amide bonds. The topological polar surface area (TPSA) is 107 Å². The summed E-state index contributed by atoms with van der Waals surface area (Å²) in [5, 5.41) is 10.9. The third kappa shape index (κ3) is 2.65. The molecule has 0 aromatic carbocycles. The number of carbonyl (C=O) groups excluding carboxylic acids is 2. The molecule has 1 radical (unpaired) electrons. The molecule has 0 bridgehead atoms. The first-order chi connectivity index (χ1) is 7.06. The average molecular weight is 229 g/mol. The molecule has 0 aliphatic rings. The van der Waals surface area contributed by atoms with E-state index in [1.165, 1.54) is 11.7 Å². The van der Waals surface area contributed by atoms with Crippen LogP contribution >= 0.6 is 11.8 Å². The van der Waals surface area contributed by atoms with E-state index in [1.807, 2.05) is 0 Å². The van der Waals surface area contributed by atoms with Crippen LogP contribution in [-0.4, -0.2) is 44.1 Å². The van der Waals surface area contributed by atoms with E-state index in [0.29, 0.717) is 5.16 Å². The maximum atomic E-state index is 11.4. The Balaban J connectivity index is 2.70. The fraction of sp³-hybridized carbons (Fsp3) is 0.333. The van der Waals surface area contributed by atoms with Crippen molar-refractivity contribution in [2.75, 3.05) is 7.05 Å². The van der Waals surface area contributed by atoms with Crippen molar-refractivity contribution in [3.63, 3.8) is 0 Å². The van der Waals surface area contributed by atoms with Gasteiger partial charge < -0.3 is 5.73 Å².